The van der Waals surface area contributed by atoms with E-state index in [2.05, 4.69) is 6.92 Å². The number of unbranched alkanes of at least 4 members (excludes halogenated alkanes) is 7. The molecule has 2 atom stereocenters. The number of ether oxygens (including phenoxy) is 1. The number of carbonyl (C=O) groups excluding carboxylic acids is 1. The molecular formula is C17H35NO2. The molecular weight excluding hydrogens is 250 g/mol. The molecule has 0 N–H and O–H groups in total. The highest BCUT2D eigenvalue weighted by Crippen LogP contribution is 2.12. The molecule has 0 radical (unpaired) electrons. The quantitative estimate of drug-likeness (QED) is 0.393. The molecule has 0 aromatic rings. The van der Waals surface area contributed by atoms with Crippen molar-refractivity contribution in [2.24, 2.45) is 0 Å². The van der Waals surface area contributed by atoms with Crippen LogP contribution in [-0.4, -0.2) is 37.1 Å². The van der Waals surface area contributed by atoms with Gasteiger partial charge in [0.05, 0.1) is 6.10 Å². The lowest BCUT2D eigenvalue weighted by molar-refractivity contribution is -0.153. The second-order valence-corrected chi connectivity index (χ2v) is 6.15. The zero-order valence-electron chi connectivity index (χ0n) is 14.3. The van der Waals surface area contributed by atoms with E-state index < -0.39 is 0 Å². The fraction of sp³-hybridized carbons (Fsp3) is 0.941. The third-order valence-corrected chi connectivity index (χ3v) is 3.90. The van der Waals surface area contributed by atoms with E-state index >= 15 is 0 Å². The number of rotatable bonds is 12. The molecule has 0 fully saturated rings. The standard InChI is InChI=1S/C17H35NO2/c1-6-7-8-9-10-11-12-13-14-15(2)20-17(19)16(3)18(4)5/h15-16H,6-14H2,1-5H3/t15-,16?/m1/s1. The summed E-state index contributed by atoms with van der Waals surface area (Å²) in [7, 11) is 3.80. The van der Waals surface area contributed by atoms with Crippen LogP contribution in [0.1, 0.15) is 78.6 Å². The normalized spacial score (nSPS) is 14.3. The minimum Gasteiger partial charge on any atom is -0.462 e. The van der Waals surface area contributed by atoms with Crippen LogP contribution >= 0.6 is 0 Å². The SMILES string of the molecule is CCCCCCCCCC[C@@H](C)OC(=O)C(C)N(C)C. The van der Waals surface area contributed by atoms with E-state index in [9.17, 15) is 4.79 Å². The summed E-state index contributed by atoms with van der Waals surface area (Å²) in [4.78, 5) is 13.6. The van der Waals surface area contributed by atoms with Crippen molar-refractivity contribution in [1.29, 1.82) is 0 Å². The molecule has 3 heteroatoms. The van der Waals surface area contributed by atoms with Gasteiger partial charge in [-0.25, -0.2) is 0 Å². The predicted molar refractivity (Wildman–Crippen MR) is 85.9 cm³/mol. The van der Waals surface area contributed by atoms with E-state index in [-0.39, 0.29) is 18.1 Å². The Balaban J connectivity index is 3.49. The molecule has 0 saturated carbocycles. The highest BCUT2D eigenvalue weighted by atomic mass is 16.5. The molecule has 0 amide bonds. The maximum Gasteiger partial charge on any atom is 0.323 e. The fourth-order valence-electron chi connectivity index (χ4n) is 2.13. The molecule has 0 aliphatic rings. The first-order valence-corrected chi connectivity index (χ1v) is 8.36. The molecule has 120 valence electrons. The minimum atomic E-state index is -0.156. The lowest BCUT2D eigenvalue weighted by Crippen LogP contribution is -2.35. The molecule has 0 heterocycles. The van der Waals surface area contributed by atoms with Gasteiger partial charge in [-0.2, -0.15) is 0 Å². The van der Waals surface area contributed by atoms with Crippen LogP contribution < -0.4 is 0 Å². The third kappa shape index (κ3) is 10.2. The van der Waals surface area contributed by atoms with E-state index in [1.165, 1.54) is 51.4 Å². The van der Waals surface area contributed by atoms with Crippen molar-refractivity contribution < 1.29 is 9.53 Å². The van der Waals surface area contributed by atoms with Gasteiger partial charge in [-0.3, -0.25) is 9.69 Å². The summed E-state index contributed by atoms with van der Waals surface area (Å²) in [5, 5.41) is 0. The Kier molecular flexibility index (Phi) is 11.8. The van der Waals surface area contributed by atoms with Gasteiger partial charge in [0.1, 0.15) is 6.04 Å². The van der Waals surface area contributed by atoms with Crippen molar-refractivity contribution in [3.63, 3.8) is 0 Å². The molecule has 0 saturated heterocycles. The zero-order chi connectivity index (χ0) is 15.4. The Morgan fingerprint density at radius 3 is 1.95 bits per heavy atom. The van der Waals surface area contributed by atoms with Crippen molar-refractivity contribution in [1.82, 2.24) is 4.90 Å². The first-order chi connectivity index (χ1) is 9.49. The molecule has 20 heavy (non-hydrogen) atoms. The van der Waals surface area contributed by atoms with Crippen LogP contribution in [0.25, 0.3) is 0 Å². The van der Waals surface area contributed by atoms with E-state index in [1.54, 1.807) is 0 Å². The van der Waals surface area contributed by atoms with Crippen LogP contribution in [0.5, 0.6) is 0 Å². The topological polar surface area (TPSA) is 29.5 Å². The van der Waals surface area contributed by atoms with Crippen LogP contribution in [0.2, 0.25) is 0 Å². The monoisotopic (exact) mass is 285 g/mol. The van der Waals surface area contributed by atoms with Crippen molar-refractivity contribution >= 4 is 5.97 Å². The number of nitrogens with zero attached hydrogens (tertiary/aromatic N) is 1. The van der Waals surface area contributed by atoms with Crippen LogP contribution in [0.15, 0.2) is 0 Å². The third-order valence-electron chi connectivity index (χ3n) is 3.90. The molecule has 0 bridgehead atoms. The number of hydrogen-bond acceptors (Lipinski definition) is 3. The van der Waals surface area contributed by atoms with Crippen molar-refractivity contribution in [2.75, 3.05) is 14.1 Å². The summed E-state index contributed by atoms with van der Waals surface area (Å²) in [6.45, 7) is 6.13. The molecule has 3 nitrogen and oxygen atoms in total. The maximum atomic E-state index is 11.8. The highest BCUT2D eigenvalue weighted by molar-refractivity contribution is 5.75. The van der Waals surface area contributed by atoms with Gasteiger partial charge in [0, 0.05) is 0 Å². The van der Waals surface area contributed by atoms with Gasteiger partial charge in [-0.05, 0) is 40.8 Å². The van der Waals surface area contributed by atoms with Gasteiger partial charge in [0.15, 0.2) is 0 Å². The Hall–Kier alpha value is -0.570. The Morgan fingerprint density at radius 2 is 1.45 bits per heavy atom. The lowest BCUT2D eigenvalue weighted by atomic mass is 10.1. The van der Waals surface area contributed by atoms with Crippen LogP contribution in [-0.2, 0) is 9.53 Å². The Labute approximate surface area is 126 Å². The largest absolute Gasteiger partial charge is 0.462 e. The van der Waals surface area contributed by atoms with Crippen molar-refractivity contribution in [3.8, 4) is 0 Å². The smallest absolute Gasteiger partial charge is 0.323 e. The molecule has 1 unspecified atom stereocenters. The molecule has 0 aliphatic heterocycles. The summed E-state index contributed by atoms with van der Waals surface area (Å²) < 4.78 is 5.45. The average Bonchev–Trinajstić information content (AvgIpc) is 2.40. The number of hydrogen-bond donors (Lipinski definition) is 0. The first kappa shape index (κ1) is 19.4. The van der Waals surface area contributed by atoms with Crippen LogP contribution in [0.4, 0.5) is 0 Å². The minimum absolute atomic E-state index is 0.0463. The lowest BCUT2D eigenvalue weighted by Gasteiger charge is -2.21. The van der Waals surface area contributed by atoms with E-state index in [1.807, 2.05) is 32.8 Å². The number of esters is 1. The Bertz CT molecular complexity index is 241. The van der Waals surface area contributed by atoms with Crippen molar-refractivity contribution in [3.05, 3.63) is 0 Å². The second-order valence-electron chi connectivity index (χ2n) is 6.15. The first-order valence-electron chi connectivity index (χ1n) is 8.36. The highest BCUT2D eigenvalue weighted by Gasteiger charge is 2.18. The Morgan fingerprint density at radius 1 is 0.950 bits per heavy atom. The van der Waals surface area contributed by atoms with Gasteiger partial charge in [0.25, 0.3) is 0 Å². The van der Waals surface area contributed by atoms with Gasteiger partial charge in [-0.1, -0.05) is 51.9 Å². The van der Waals surface area contributed by atoms with Crippen LogP contribution in [0.3, 0.4) is 0 Å². The molecule has 0 aromatic carbocycles. The summed E-state index contributed by atoms with van der Waals surface area (Å²) >= 11 is 0. The summed E-state index contributed by atoms with van der Waals surface area (Å²) in [6.07, 6.45) is 11.6. The number of likely N-dealkylation sites (N-methyl/N-ethyl adjacent to an activating group) is 1. The van der Waals surface area contributed by atoms with Crippen LogP contribution in [0, 0.1) is 0 Å². The van der Waals surface area contributed by atoms with E-state index in [4.69, 9.17) is 4.74 Å². The van der Waals surface area contributed by atoms with Gasteiger partial charge < -0.3 is 4.74 Å². The summed E-state index contributed by atoms with van der Waals surface area (Å²) in [6, 6.07) is -0.156. The number of carbonyl (C=O) groups is 1. The molecule has 0 aliphatic carbocycles. The molecule has 0 aromatic heterocycles. The van der Waals surface area contributed by atoms with E-state index in [0.717, 1.165) is 6.42 Å². The van der Waals surface area contributed by atoms with Gasteiger partial charge in [-0.15, -0.1) is 0 Å². The van der Waals surface area contributed by atoms with Crippen molar-refractivity contribution in [2.45, 2.75) is 90.7 Å². The fourth-order valence-corrected chi connectivity index (χ4v) is 2.13. The predicted octanol–water partition coefficient (Wildman–Crippen LogP) is 4.40. The molecule has 0 rings (SSSR count). The summed E-state index contributed by atoms with van der Waals surface area (Å²) in [5.41, 5.74) is 0. The average molecular weight is 285 g/mol. The molecule has 0 spiro atoms. The van der Waals surface area contributed by atoms with Gasteiger partial charge in [0.2, 0.25) is 0 Å². The summed E-state index contributed by atoms with van der Waals surface area (Å²) in [5.74, 6) is -0.109. The van der Waals surface area contributed by atoms with E-state index in [0.29, 0.717) is 0 Å². The maximum absolute atomic E-state index is 11.8. The second kappa shape index (κ2) is 12.2. The zero-order valence-corrected chi connectivity index (χ0v) is 14.3. The van der Waals surface area contributed by atoms with Gasteiger partial charge >= 0.3 is 5.97 Å².